The van der Waals surface area contributed by atoms with E-state index in [1.807, 2.05) is 38.1 Å². The van der Waals surface area contributed by atoms with Gasteiger partial charge in [-0.15, -0.1) is 0 Å². The summed E-state index contributed by atoms with van der Waals surface area (Å²) in [5, 5.41) is 0.702. The van der Waals surface area contributed by atoms with Crippen molar-refractivity contribution < 1.29 is 13.9 Å². The molecule has 0 N–H and O–H groups in total. The van der Waals surface area contributed by atoms with Gasteiger partial charge in [0.25, 0.3) is 7.94 Å². The zero-order valence-electron chi connectivity index (χ0n) is 13.3. The van der Waals surface area contributed by atoms with Crippen LogP contribution in [0.25, 0.3) is 0 Å². The minimum atomic E-state index is -3.16. The fourth-order valence-electron chi connectivity index (χ4n) is 1.77. The fraction of sp³-hybridized carbons (Fsp3) is 0.500. The van der Waals surface area contributed by atoms with Crippen LogP contribution >= 0.6 is 31.3 Å². The Balaban J connectivity index is 2.15. The summed E-state index contributed by atoms with van der Waals surface area (Å²) < 4.78 is 11.1. The van der Waals surface area contributed by atoms with Crippen molar-refractivity contribution in [3.63, 3.8) is 0 Å². The van der Waals surface area contributed by atoms with Crippen LogP contribution in [0.15, 0.2) is 39.9 Å². The average Bonchev–Trinajstić information content (AvgIpc) is 2.44. The monoisotopic (exact) mass is 360 g/mol. The topological polar surface area (TPSA) is 41.5 Å². The van der Waals surface area contributed by atoms with Crippen LogP contribution in [0.4, 0.5) is 0 Å². The molecule has 1 aromatic rings. The minimum absolute atomic E-state index is 0.0942. The number of halogens is 1. The Morgan fingerprint density at radius 2 is 1.82 bits per heavy atom. The average molecular weight is 361 g/mol. The maximum absolute atomic E-state index is 12.7. The van der Waals surface area contributed by atoms with Crippen LogP contribution in [-0.2, 0) is 9.05 Å². The molecule has 6 heteroatoms. The maximum Gasteiger partial charge on any atom is 0.264 e. The second-order valence-electron chi connectivity index (χ2n) is 6.49. The molecule has 1 heterocycles. The second kappa shape index (κ2) is 7.21. The van der Waals surface area contributed by atoms with Crippen molar-refractivity contribution in [1.29, 1.82) is 0 Å². The Bertz CT molecular complexity index is 533. The number of benzene rings is 1. The Hall–Kier alpha value is -0.0900. The molecule has 3 nitrogen and oxygen atoms in total. The van der Waals surface area contributed by atoms with Crippen molar-refractivity contribution in [1.82, 2.24) is 0 Å². The molecule has 0 saturated carbocycles. The number of allylic oxidation sites excluding steroid dienone is 1. The Morgan fingerprint density at radius 3 is 2.32 bits per heavy atom. The second-order valence-corrected chi connectivity index (χ2v) is 9.93. The molecule has 0 unspecified atom stereocenters. The van der Waals surface area contributed by atoms with Gasteiger partial charge in [0.15, 0.2) is 0 Å². The number of rotatable bonds is 4. The van der Waals surface area contributed by atoms with Crippen LogP contribution in [0.1, 0.15) is 27.7 Å². The largest absolute Gasteiger partial charge is 0.628 e. The summed E-state index contributed by atoms with van der Waals surface area (Å²) in [5.74, 6) is 1.90. The van der Waals surface area contributed by atoms with Crippen molar-refractivity contribution in [2.24, 2.45) is 11.3 Å². The molecule has 0 radical (unpaired) electrons. The normalized spacial score (nSPS) is 21.1. The summed E-state index contributed by atoms with van der Waals surface area (Å²) in [6.45, 7) is 9.08. The smallest absolute Gasteiger partial charge is 0.264 e. The predicted molar refractivity (Wildman–Crippen MR) is 92.8 cm³/mol. The number of hydrogen-bond acceptors (Lipinski definition) is 4. The van der Waals surface area contributed by atoms with Gasteiger partial charge >= 0.3 is 0 Å². The van der Waals surface area contributed by atoms with E-state index in [1.165, 1.54) is 0 Å². The van der Waals surface area contributed by atoms with Crippen molar-refractivity contribution in [3.8, 4) is 0 Å². The van der Waals surface area contributed by atoms with E-state index in [2.05, 4.69) is 13.8 Å². The summed E-state index contributed by atoms with van der Waals surface area (Å²) in [7, 11) is -3.16. The molecule has 1 aromatic carbocycles. The minimum Gasteiger partial charge on any atom is -0.628 e. The van der Waals surface area contributed by atoms with Crippen molar-refractivity contribution in [2.45, 2.75) is 32.6 Å². The predicted octanol–water partition coefficient (Wildman–Crippen LogP) is 5.13. The number of thioether (sulfide) groups is 1. The third-order valence-electron chi connectivity index (χ3n) is 3.17. The lowest BCUT2D eigenvalue weighted by molar-refractivity contribution is -0.228. The molecule has 1 aliphatic rings. The van der Waals surface area contributed by atoms with E-state index in [-0.39, 0.29) is 11.3 Å². The van der Waals surface area contributed by atoms with Crippen LogP contribution in [0.5, 0.6) is 0 Å². The van der Waals surface area contributed by atoms with Gasteiger partial charge in [0, 0.05) is 20.2 Å². The molecule has 0 bridgehead atoms. The van der Waals surface area contributed by atoms with Crippen LogP contribution in [-0.4, -0.2) is 13.2 Å². The van der Waals surface area contributed by atoms with Gasteiger partial charge in [-0.25, -0.2) is 9.05 Å². The molecule has 0 atom stereocenters. The lowest BCUT2D eigenvalue weighted by atomic mass is 9.97. The SMILES string of the molecule is CC(C)/C(=C\[P+]1([O-])OCC(C)(C)CO1)Sc1ccc(Cl)cc1. The van der Waals surface area contributed by atoms with Gasteiger partial charge in [0.2, 0.25) is 0 Å². The first-order valence-electron chi connectivity index (χ1n) is 7.24. The van der Waals surface area contributed by atoms with Gasteiger partial charge in [-0.3, -0.25) is 0 Å². The van der Waals surface area contributed by atoms with E-state index in [0.717, 1.165) is 9.80 Å². The summed E-state index contributed by atoms with van der Waals surface area (Å²) >= 11 is 7.47. The van der Waals surface area contributed by atoms with Crippen LogP contribution in [0, 0.1) is 11.3 Å². The zero-order valence-corrected chi connectivity index (χ0v) is 15.8. The standard InChI is InChI=1S/C16H22ClO3PS/c1-12(2)15(22-14-7-5-13(17)6-8-14)9-21(18)19-10-16(3,4)11-20-21/h5-9,12H,10-11H2,1-4H3/b15-9+. The van der Waals surface area contributed by atoms with Crippen LogP contribution in [0.2, 0.25) is 5.02 Å². The third-order valence-corrected chi connectivity index (χ3v) is 6.51. The molecular weight excluding hydrogens is 339 g/mol. The van der Waals surface area contributed by atoms with Crippen LogP contribution in [0.3, 0.4) is 0 Å². The van der Waals surface area contributed by atoms with Gasteiger partial charge in [-0.1, -0.05) is 51.1 Å². The Kier molecular flexibility index (Phi) is 5.98. The van der Waals surface area contributed by atoms with E-state index in [1.54, 1.807) is 17.6 Å². The molecule has 0 amide bonds. The Morgan fingerprint density at radius 1 is 1.27 bits per heavy atom. The van der Waals surface area contributed by atoms with Gasteiger partial charge in [0.05, 0.1) is 0 Å². The summed E-state index contributed by atoms with van der Waals surface area (Å²) in [4.78, 5) is 14.8. The van der Waals surface area contributed by atoms with Crippen molar-refractivity contribution >= 4 is 31.3 Å². The highest BCUT2D eigenvalue weighted by Crippen LogP contribution is 2.60. The molecule has 1 fully saturated rings. The number of hydrogen-bond donors (Lipinski definition) is 0. The highest BCUT2D eigenvalue weighted by atomic mass is 35.5. The molecule has 1 saturated heterocycles. The lowest BCUT2D eigenvalue weighted by Gasteiger charge is -2.36. The Labute approximate surface area is 142 Å². The van der Waals surface area contributed by atoms with Crippen molar-refractivity contribution in [2.75, 3.05) is 13.2 Å². The fourth-order valence-corrected chi connectivity index (χ4v) is 5.17. The van der Waals surface area contributed by atoms with Gasteiger partial charge < -0.3 is 4.89 Å². The molecule has 122 valence electrons. The quantitative estimate of drug-likeness (QED) is 0.551. The molecule has 22 heavy (non-hydrogen) atoms. The van der Waals surface area contributed by atoms with E-state index in [9.17, 15) is 4.89 Å². The summed E-state index contributed by atoms with van der Waals surface area (Å²) in [5.41, 5.74) is -0.0942. The zero-order chi connectivity index (χ0) is 16.4. The highest BCUT2D eigenvalue weighted by molar-refractivity contribution is 8.03. The highest BCUT2D eigenvalue weighted by Gasteiger charge is 2.40. The lowest BCUT2D eigenvalue weighted by Crippen LogP contribution is -2.34. The van der Waals surface area contributed by atoms with E-state index in [4.69, 9.17) is 20.6 Å². The molecule has 0 spiro atoms. The first-order valence-corrected chi connectivity index (χ1v) is 10.0. The molecule has 0 aliphatic carbocycles. The summed E-state index contributed by atoms with van der Waals surface area (Å²) in [6, 6.07) is 7.59. The van der Waals surface area contributed by atoms with E-state index in [0.29, 0.717) is 18.2 Å². The third kappa shape index (κ3) is 5.23. The maximum atomic E-state index is 12.7. The summed E-state index contributed by atoms with van der Waals surface area (Å²) in [6.07, 6.45) is 0. The first-order chi connectivity index (χ1) is 10.2. The van der Waals surface area contributed by atoms with E-state index < -0.39 is 7.94 Å². The van der Waals surface area contributed by atoms with Crippen LogP contribution < -0.4 is 4.89 Å². The van der Waals surface area contributed by atoms with E-state index >= 15 is 0 Å². The van der Waals surface area contributed by atoms with Crippen molar-refractivity contribution in [3.05, 3.63) is 40.0 Å². The van der Waals surface area contributed by atoms with Gasteiger partial charge in [0.1, 0.15) is 19.0 Å². The molecule has 0 aromatic heterocycles. The molecule has 2 rings (SSSR count). The first kappa shape index (κ1) is 18.3. The van der Waals surface area contributed by atoms with Gasteiger partial charge in [-0.05, 0) is 30.2 Å². The molecular formula is C16H22ClO3PS. The van der Waals surface area contributed by atoms with Gasteiger partial charge in [-0.2, -0.15) is 0 Å². The molecule has 1 aliphatic heterocycles.